The van der Waals surface area contributed by atoms with Gasteiger partial charge in [-0.25, -0.2) is 4.79 Å². The molecule has 7 heteroatoms. The molecule has 26 heavy (non-hydrogen) atoms. The number of aromatic nitrogens is 2. The number of aryl methyl sites for hydroxylation is 1. The first-order valence-electron chi connectivity index (χ1n) is 9.01. The van der Waals surface area contributed by atoms with Gasteiger partial charge < -0.3 is 14.4 Å². The molecule has 1 saturated heterocycles. The topological polar surface area (TPSA) is 70.7 Å². The molecule has 1 fully saturated rings. The van der Waals surface area contributed by atoms with E-state index in [2.05, 4.69) is 22.0 Å². The summed E-state index contributed by atoms with van der Waals surface area (Å²) in [6, 6.07) is 8.02. The molecule has 2 aromatic rings. The number of benzene rings is 1. The van der Waals surface area contributed by atoms with Crippen molar-refractivity contribution in [3.8, 4) is 17.0 Å². The van der Waals surface area contributed by atoms with Crippen molar-refractivity contribution in [3.05, 3.63) is 36.0 Å². The standard InChI is InChI=1S/C19H26N4O3/c1-4-25-19(24)23-11-9-22(10-12-23)15(3)26-16-5-6-17(14(2)13-16)18-7-8-20-21-18/h5-8,13,15H,4,9-12H2,1-3H3,(H,20,21). The van der Waals surface area contributed by atoms with E-state index < -0.39 is 0 Å². The zero-order chi connectivity index (χ0) is 18.5. The minimum absolute atomic E-state index is 0.0586. The second kappa shape index (κ2) is 8.23. The number of nitrogens with zero attached hydrogens (tertiary/aromatic N) is 3. The smallest absolute Gasteiger partial charge is 0.409 e. The zero-order valence-electron chi connectivity index (χ0n) is 15.6. The number of aromatic amines is 1. The molecule has 0 spiro atoms. The summed E-state index contributed by atoms with van der Waals surface area (Å²) in [5, 5.41) is 6.99. The Morgan fingerprint density at radius 2 is 2.04 bits per heavy atom. The number of piperazine rings is 1. The molecule has 1 aromatic heterocycles. The Bertz CT molecular complexity index is 724. The minimum Gasteiger partial charge on any atom is -0.475 e. The minimum atomic E-state index is -0.231. The molecule has 0 aliphatic carbocycles. The van der Waals surface area contributed by atoms with E-state index in [9.17, 15) is 4.79 Å². The molecule has 3 rings (SSSR count). The summed E-state index contributed by atoms with van der Waals surface area (Å²) in [5.41, 5.74) is 3.24. The molecule has 1 aliphatic heterocycles. The summed E-state index contributed by atoms with van der Waals surface area (Å²) in [6.07, 6.45) is 1.46. The maximum atomic E-state index is 11.8. The van der Waals surface area contributed by atoms with Gasteiger partial charge in [-0.3, -0.25) is 10.00 Å². The molecule has 1 unspecified atom stereocenters. The third-order valence-electron chi connectivity index (χ3n) is 4.65. The van der Waals surface area contributed by atoms with Crippen LogP contribution in [0.5, 0.6) is 5.75 Å². The average Bonchev–Trinajstić information content (AvgIpc) is 3.16. The molecular weight excluding hydrogens is 332 g/mol. The highest BCUT2D eigenvalue weighted by Crippen LogP contribution is 2.26. The fourth-order valence-electron chi connectivity index (χ4n) is 3.17. The van der Waals surface area contributed by atoms with Gasteiger partial charge in [0.25, 0.3) is 0 Å². The molecule has 1 atom stereocenters. The lowest BCUT2D eigenvalue weighted by molar-refractivity contribution is 0.00241. The van der Waals surface area contributed by atoms with Crippen molar-refractivity contribution in [2.45, 2.75) is 27.0 Å². The number of rotatable bonds is 5. The van der Waals surface area contributed by atoms with Crippen LogP contribution in [-0.2, 0) is 4.74 Å². The lowest BCUT2D eigenvalue weighted by Crippen LogP contribution is -2.52. The zero-order valence-corrected chi connectivity index (χ0v) is 15.6. The summed E-state index contributed by atoms with van der Waals surface area (Å²) >= 11 is 0. The van der Waals surface area contributed by atoms with E-state index in [-0.39, 0.29) is 12.3 Å². The van der Waals surface area contributed by atoms with Crippen molar-refractivity contribution in [3.63, 3.8) is 0 Å². The SMILES string of the molecule is CCOC(=O)N1CCN(C(C)Oc2ccc(-c3ccn[nH]3)c(C)c2)CC1. The van der Waals surface area contributed by atoms with Crippen LogP contribution in [0.25, 0.3) is 11.3 Å². The van der Waals surface area contributed by atoms with Gasteiger partial charge in [-0.05, 0) is 50.6 Å². The van der Waals surface area contributed by atoms with Gasteiger partial charge in [0.2, 0.25) is 0 Å². The number of carbonyl (C=O) groups excluding carboxylic acids is 1. The van der Waals surface area contributed by atoms with Crippen LogP contribution in [0.3, 0.4) is 0 Å². The van der Waals surface area contributed by atoms with E-state index in [4.69, 9.17) is 9.47 Å². The molecular formula is C19H26N4O3. The first-order valence-corrected chi connectivity index (χ1v) is 9.01. The van der Waals surface area contributed by atoms with Gasteiger partial charge in [-0.2, -0.15) is 5.10 Å². The van der Waals surface area contributed by atoms with Gasteiger partial charge in [0.05, 0.1) is 12.3 Å². The summed E-state index contributed by atoms with van der Waals surface area (Å²) in [5.74, 6) is 0.839. The number of nitrogens with one attached hydrogen (secondary N) is 1. The first kappa shape index (κ1) is 18.3. The maximum Gasteiger partial charge on any atom is 0.409 e. The van der Waals surface area contributed by atoms with Crippen molar-refractivity contribution in [1.82, 2.24) is 20.0 Å². The van der Waals surface area contributed by atoms with Crippen LogP contribution >= 0.6 is 0 Å². The number of ether oxygens (including phenoxy) is 2. The van der Waals surface area contributed by atoms with Crippen LogP contribution < -0.4 is 4.74 Å². The lowest BCUT2D eigenvalue weighted by Gasteiger charge is -2.37. The van der Waals surface area contributed by atoms with Crippen LogP contribution in [0, 0.1) is 6.92 Å². The summed E-state index contributed by atoms with van der Waals surface area (Å²) in [7, 11) is 0. The van der Waals surface area contributed by atoms with Gasteiger partial charge in [0.15, 0.2) is 0 Å². The van der Waals surface area contributed by atoms with E-state index >= 15 is 0 Å². The Hall–Kier alpha value is -2.54. The summed E-state index contributed by atoms with van der Waals surface area (Å²) in [6.45, 7) is 9.19. The van der Waals surface area contributed by atoms with Crippen LogP contribution in [-0.4, -0.2) is 65.1 Å². The Balaban J connectivity index is 1.56. The predicted octanol–water partition coefficient (Wildman–Crippen LogP) is 2.88. The number of hydrogen-bond acceptors (Lipinski definition) is 5. The molecule has 0 radical (unpaired) electrons. The van der Waals surface area contributed by atoms with E-state index in [1.165, 1.54) is 0 Å². The predicted molar refractivity (Wildman–Crippen MR) is 99.0 cm³/mol. The van der Waals surface area contributed by atoms with Crippen LogP contribution in [0.2, 0.25) is 0 Å². The fourth-order valence-corrected chi connectivity index (χ4v) is 3.17. The molecule has 7 nitrogen and oxygen atoms in total. The van der Waals surface area contributed by atoms with E-state index in [0.29, 0.717) is 19.7 Å². The maximum absolute atomic E-state index is 11.8. The Morgan fingerprint density at radius 3 is 2.65 bits per heavy atom. The van der Waals surface area contributed by atoms with Crippen molar-refractivity contribution in [2.75, 3.05) is 32.8 Å². The number of amides is 1. The van der Waals surface area contributed by atoms with Crippen molar-refractivity contribution in [1.29, 1.82) is 0 Å². The van der Waals surface area contributed by atoms with Crippen LogP contribution in [0.15, 0.2) is 30.5 Å². The first-order chi connectivity index (χ1) is 12.6. The number of H-pyrrole nitrogens is 1. The van der Waals surface area contributed by atoms with Crippen molar-refractivity contribution in [2.24, 2.45) is 0 Å². The summed E-state index contributed by atoms with van der Waals surface area (Å²) < 4.78 is 11.2. The quantitative estimate of drug-likeness (QED) is 0.890. The van der Waals surface area contributed by atoms with Gasteiger partial charge in [0, 0.05) is 37.9 Å². The third-order valence-corrected chi connectivity index (χ3v) is 4.65. The molecule has 1 N–H and O–H groups in total. The fraction of sp³-hybridized carbons (Fsp3) is 0.474. The van der Waals surface area contributed by atoms with Crippen molar-refractivity contribution >= 4 is 6.09 Å². The van der Waals surface area contributed by atoms with E-state index in [1.807, 2.05) is 38.1 Å². The van der Waals surface area contributed by atoms with Gasteiger partial charge in [-0.1, -0.05) is 0 Å². The monoisotopic (exact) mass is 358 g/mol. The van der Waals surface area contributed by atoms with Gasteiger partial charge in [0.1, 0.15) is 12.0 Å². The van der Waals surface area contributed by atoms with Crippen molar-refractivity contribution < 1.29 is 14.3 Å². The van der Waals surface area contributed by atoms with Gasteiger partial charge >= 0.3 is 6.09 Å². The lowest BCUT2D eigenvalue weighted by atomic mass is 10.1. The normalized spacial score (nSPS) is 16.3. The molecule has 1 aromatic carbocycles. The van der Waals surface area contributed by atoms with E-state index in [1.54, 1.807) is 11.1 Å². The highest BCUT2D eigenvalue weighted by molar-refractivity contribution is 5.67. The summed E-state index contributed by atoms with van der Waals surface area (Å²) in [4.78, 5) is 15.8. The van der Waals surface area contributed by atoms with Crippen LogP contribution in [0.4, 0.5) is 4.79 Å². The van der Waals surface area contributed by atoms with E-state index in [0.717, 1.165) is 35.7 Å². The Morgan fingerprint density at radius 1 is 1.27 bits per heavy atom. The third kappa shape index (κ3) is 4.16. The molecule has 0 bridgehead atoms. The second-order valence-electron chi connectivity index (χ2n) is 6.39. The molecule has 1 aliphatic rings. The molecule has 1 amide bonds. The Kier molecular flexibility index (Phi) is 5.78. The Labute approximate surface area is 153 Å². The highest BCUT2D eigenvalue weighted by atomic mass is 16.6. The molecule has 140 valence electrons. The van der Waals surface area contributed by atoms with Crippen LogP contribution in [0.1, 0.15) is 19.4 Å². The second-order valence-corrected chi connectivity index (χ2v) is 6.39. The average molecular weight is 358 g/mol. The molecule has 0 saturated carbocycles. The largest absolute Gasteiger partial charge is 0.475 e. The highest BCUT2D eigenvalue weighted by Gasteiger charge is 2.25. The molecule has 2 heterocycles. The number of carbonyl (C=O) groups is 1. The number of hydrogen-bond donors (Lipinski definition) is 1. The van der Waals surface area contributed by atoms with Gasteiger partial charge in [-0.15, -0.1) is 0 Å².